The molecule has 1 unspecified atom stereocenters. The molecule has 0 saturated carbocycles. The summed E-state index contributed by atoms with van der Waals surface area (Å²) < 4.78 is 13.4. The lowest BCUT2D eigenvalue weighted by Gasteiger charge is -2.26. The van der Waals surface area contributed by atoms with Crippen LogP contribution in [0.25, 0.3) is 10.2 Å². The number of thioether (sulfide) groups is 1. The summed E-state index contributed by atoms with van der Waals surface area (Å²) in [6.07, 6.45) is 2.01. The van der Waals surface area contributed by atoms with Crippen LogP contribution in [0.4, 0.5) is 0 Å². The minimum atomic E-state index is 0.110. The smallest absolute Gasteiger partial charge is 0.233 e. The Kier molecular flexibility index (Phi) is 4.86. The predicted molar refractivity (Wildman–Crippen MR) is 111 cm³/mol. The number of carbonyl (C=O) groups excluding carboxylic acids is 1. The zero-order valence-electron chi connectivity index (χ0n) is 15.3. The van der Waals surface area contributed by atoms with Crippen LogP contribution >= 0.6 is 23.1 Å². The minimum Gasteiger partial charge on any atom is -0.486 e. The monoisotopic (exact) mass is 412 g/mol. The maximum atomic E-state index is 12.9. The number of likely N-dealkylation sites (tertiary alicyclic amines) is 1. The maximum absolute atomic E-state index is 12.9. The molecule has 0 spiro atoms. The molecule has 5 rings (SSSR count). The lowest BCUT2D eigenvalue weighted by Crippen LogP contribution is -2.32. The molecule has 1 fully saturated rings. The van der Waals surface area contributed by atoms with Crippen molar-refractivity contribution >= 4 is 39.2 Å². The summed E-state index contributed by atoms with van der Waals surface area (Å²) in [5.74, 6) is 2.16. The normalized spacial score (nSPS) is 18.6. The second-order valence-corrected chi connectivity index (χ2v) is 9.14. The van der Waals surface area contributed by atoms with Gasteiger partial charge < -0.3 is 14.4 Å². The van der Waals surface area contributed by atoms with Gasteiger partial charge in [-0.2, -0.15) is 0 Å². The fourth-order valence-electron chi connectivity index (χ4n) is 3.80. The summed E-state index contributed by atoms with van der Waals surface area (Å²) in [5, 5.41) is 0. The molecular formula is C21H20N2O3S2. The van der Waals surface area contributed by atoms with E-state index in [9.17, 15) is 4.79 Å². The van der Waals surface area contributed by atoms with E-state index in [4.69, 9.17) is 9.47 Å². The minimum absolute atomic E-state index is 0.110. The van der Waals surface area contributed by atoms with Gasteiger partial charge in [-0.15, -0.1) is 11.3 Å². The zero-order chi connectivity index (χ0) is 18.9. The molecule has 28 heavy (non-hydrogen) atoms. The molecule has 0 N–H and O–H groups in total. The Morgan fingerprint density at radius 2 is 2.04 bits per heavy atom. The van der Waals surface area contributed by atoms with Gasteiger partial charge in [-0.1, -0.05) is 30.0 Å². The lowest BCUT2D eigenvalue weighted by molar-refractivity contribution is -0.129. The van der Waals surface area contributed by atoms with Gasteiger partial charge in [0.2, 0.25) is 5.91 Å². The van der Waals surface area contributed by atoms with Crippen molar-refractivity contribution in [2.24, 2.45) is 0 Å². The van der Waals surface area contributed by atoms with Gasteiger partial charge in [-0.25, -0.2) is 4.98 Å². The van der Waals surface area contributed by atoms with Gasteiger partial charge in [0, 0.05) is 6.54 Å². The number of carbonyl (C=O) groups is 1. The van der Waals surface area contributed by atoms with E-state index >= 15 is 0 Å². The maximum Gasteiger partial charge on any atom is 0.233 e. The van der Waals surface area contributed by atoms with Crippen LogP contribution < -0.4 is 9.47 Å². The summed E-state index contributed by atoms with van der Waals surface area (Å²) in [6.45, 7) is 1.96. The first kappa shape index (κ1) is 17.8. The number of aromatic nitrogens is 1. The summed E-state index contributed by atoms with van der Waals surface area (Å²) >= 11 is 3.18. The molecule has 3 heterocycles. The fourth-order valence-corrected chi connectivity index (χ4v) is 5.75. The molecule has 1 amide bonds. The number of rotatable bonds is 4. The average Bonchev–Trinajstić information content (AvgIpc) is 3.38. The lowest BCUT2D eigenvalue weighted by atomic mass is 10.0. The van der Waals surface area contributed by atoms with Gasteiger partial charge in [0.05, 0.1) is 22.0 Å². The molecule has 2 aromatic carbocycles. The third-order valence-electron chi connectivity index (χ3n) is 5.12. The van der Waals surface area contributed by atoms with E-state index in [1.54, 1.807) is 11.3 Å². The highest BCUT2D eigenvalue weighted by Gasteiger charge is 2.31. The Labute approximate surface area is 171 Å². The molecule has 0 radical (unpaired) electrons. The first-order valence-electron chi connectivity index (χ1n) is 9.45. The number of benzene rings is 2. The topological polar surface area (TPSA) is 51.7 Å². The Morgan fingerprint density at radius 1 is 1.18 bits per heavy atom. The number of nitrogens with zero attached hydrogens (tertiary/aromatic N) is 2. The van der Waals surface area contributed by atoms with Gasteiger partial charge in [-0.3, -0.25) is 4.79 Å². The van der Waals surface area contributed by atoms with E-state index in [0.717, 1.165) is 51.0 Å². The highest BCUT2D eigenvalue weighted by Crippen LogP contribution is 2.38. The molecule has 5 nitrogen and oxygen atoms in total. The number of hydrogen-bond acceptors (Lipinski definition) is 6. The molecule has 144 valence electrons. The van der Waals surface area contributed by atoms with Crippen molar-refractivity contribution in [1.82, 2.24) is 9.88 Å². The van der Waals surface area contributed by atoms with Crippen LogP contribution in [0.2, 0.25) is 0 Å². The zero-order valence-corrected chi connectivity index (χ0v) is 16.9. The van der Waals surface area contributed by atoms with E-state index in [2.05, 4.69) is 17.1 Å². The average molecular weight is 413 g/mol. The van der Waals surface area contributed by atoms with E-state index in [1.165, 1.54) is 11.8 Å². The van der Waals surface area contributed by atoms with Crippen LogP contribution in [0, 0.1) is 0 Å². The number of hydrogen-bond donors (Lipinski definition) is 0. The van der Waals surface area contributed by atoms with Gasteiger partial charge in [-0.05, 0) is 42.7 Å². The van der Waals surface area contributed by atoms with Gasteiger partial charge in [0.15, 0.2) is 15.8 Å². The van der Waals surface area contributed by atoms with Crippen LogP contribution in [0.1, 0.15) is 24.4 Å². The van der Waals surface area contributed by atoms with E-state index in [0.29, 0.717) is 19.0 Å². The number of thiazole rings is 1. The molecule has 2 aliphatic rings. The molecule has 1 aromatic heterocycles. The second kappa shape index (κ2) is 7.64. The van der Waals surface area contributed by atoms with Crippen molar-refractivity contribution in [2.75, 3.05) is 25.5 Å². The molecule has 0 bridgehead atoms. The van der Waals surface area contributed by atoms with Crippen molar-refractivity contribution in [3.8, 4) is 11.5 Å². The number of ether oxygens (including phenoxy) is 2. The van der Waals surface area contributed by atoms with Crippen LogP contribution in [0.5, 0.6) is 11.5 Å². The Morgan fingerprint density at radius 3 is 2.93 bits per heavy atom. The van der Waals surface area contributed by atoms with E-state index in [1.807, 2.05) is 35.2 Å². The summed E-state index contributed by atoms with van der Waals surface area (Å²) in [5.41, 5.74) is 2.12. The molecule has 0 aliphatic carbocycles. The molecule has 1 saturated heterocycles. The molecular weight excluding hydrogens is 392 g/mol. The van der Waals surface area contributed by atoms with E-state index in [-0.39, 0.29) is 11.9 Å². The quantitative estimate of drug-likeness (QED) is 0.590. The second-order valence-electron chi connectivity index (χ2n) is 6.88. The van der Waals surface area contributed by atoms with Crippen molar-refractivity contribution in [1.29, 1.82) is 0 Å². The van der Waals surface area contributed by atoms with Crippen LogP contribution in [0.3, 0.4) is 0 Å². The first-order valence-corrected chi connectivity index (χ1v) is 11.3. The van der Waals surface area contributed by atoms with Crippen molar-refractivity contribution < 1.29 is 14.3 Å². The van der Waals surface area contributed by atoms with Crippen LogP contribution in [-0.2, 0) is 4.79 Å². The Balaban J connectivity index is 1.28. The van der Waals surface area contributed by atoms with Gasteiger partial charge in [0.25, 0.3) is 0 Å². The van der Waals surface area contributed by atoms with Crippen LogP contribution in [-0.4, -0.2) is 41.3 Å². The van der Waals surface area contributed by atoms with Crippen LogP contribution in [0.15, 0.2) is 46.8 Å². The highest BCUT2D eigenvalue weighted by molar-refractivity contribution is 8.01. The fraction of sp³-hybridized carbons (Fsp3) is 0.333. The number of fused-ring (bicyclic) bond motifs is 2. The van der Waals surface area contributed by atoms with Crippen molar-refractivity contribution in [2.45, 2.75) is 23.2 Å². The third-order valence-corrected chi connectivity index (χ3v) is 7.28. The Hall–Kier alpha value is -2.25. The standard InChI is InChI=1S/C21H20N2O3S2/c24-20(13-27-21-22-15-4-1-2-6-19(15)28-21)23-9-3-5-16(23)14-7-8-17-18(12-14)26-11-10-25-17/h1-2,4,6-8,12,16H,3,5,9-11,13H2. The molecule has 2 aliphatic heterocycles. The van der Waals surface area contributed by atoms with Gasteiger partial charge >= 0.3 is 0 Å². The van der Waals surface area contributed by atoms with E-state index < -0.39 is 0 Å². The molecule has 7 heteroatoms. The first-order chi connectivity index (χ1) is 13.8. The van der Waals surface area contributed by atoms with Crippen molar-refractivity contribution in [3.63, 3.8) is 0 Å². The summed E-state index contributed by atoms with van der Waals surface area (Å²) in [7, 11) is 0. The number of para-hydroxylation sites is 1. The number of amides is 1. The van der Waals surface area contributed by atoms with Crippen molar-refractivity contribution in [3.05, 3.63) is 48.0 Å². The highest BCUT2D eigenvalue weighted by atomic mass is 32.2. The summed E-state index contributed by atoms with van der Waals surface area (Å²) in [4.78, 5) is 19.6. The summed E-state index contributed by atoms with van der Waals surface area (Å²) in [6, 6.07) is 14.2. The molecule has 1 atom stereocenters. The predicted octanol–water partition coefficient (Wildman–Crippen LogP) is 4.52. The Bertz CT molecular complexity index is 987. The molecule has 3 aromatic rings. The SMILES string of the molecule is O=C(CSc1nc2ccccc2s1)N1CCCC1c1ccc2c(c1)OCCO2. The van der Waals surface area contributed by atoms with Gasteiger partial charge in [0.1, 0.15) is 13.2 Å². The largest absolute Gasteiger partial charge is 0.486 e. The third kappa shape index (κ3) is 3.44.